The molecule has 2 aromatic carbocycles. The number of aromatic nitrogens is 1. The Morgan fingerprint density at radius 2 is 1.61 bits per heavy atom. The molecule has 0 atom stereocenters. The summed E-state index contributed by atoms with van der Waals surface area (Å²) in [4.78, 5) is 0. The van der Waals surface area contributed by atoms with Gasteiger partial charge in [0.25, 0.3) is 0 Å². The molecule has 0 bridgehead atoms. The number of nitrogens with zero attached hydrogens (tertiary/aromatic N) is 1. The first-order chi connectivity index (χ1) is 11.2. The molecule has 23 heavy (non-hydrogen) atoms. The highest BCUT2D eigenvalue weighted by atomic mass is 16.5. The van der Waals surface area contributed by atoms with Crippen molar-refractivity contribution in [3.05, 3.63) is 54.1 Å². The standard InChI is InChI=1S/C18H18N2O3/c1-12-17(13-7-5-4-6-8-13)20-23-18(12)19-14-9-15(21-2)11-16(10-14)22-3/h4-11,19H,1-3H3. The quantitative estimate of drug-likeness (QED) is 0.756. The Morgan fingerprint density at radius 1 is 0.957 bits per heavy atom. The van der Waals surface area contributed by atoms with Crippen molar-refractivity contribution in [3.63, 3.8) is 0 Å². The Morgan fingerprint density at radius 3 is 2.22 bits per heavy atom. The first-order valence-corrected chi connectivity index (χ1v) is 7.23. The van der Waals surface area contributed by atoms with E-state index < -0.39 is 0 Å². The maximum Gasteiger partial charge on any atom is 0.232 e. The molecule has 0 radical (unpaired) electrons. The molecule has 0 fully saturated rings. The minimum Gasteiger partial charge on any atom is -0.497 e. The van der Waals surface area contributed by atoms with E-state index in [2.05, 4.69) is 10.5 Å². The van der Waals surface area contributed by atoms with Crippen molar-refractivity contribution in [2.45, 2.75) is 6.92 Å². The lowest BCUT2D eigenvalue weighted by Gasteiger charge is -2.09. The summed E-state index contributed by atoms with van der Waals surface area (Å²) in [5.74, 6) is 2.00. The van der Waals surface area contributed by atoms with Crippen molar-refractivity contribution in [2.24, 2.45) is 0 Å². The van der Waals surface area contributed by atoms with E-state index in [9.17, 15) is 0 Å². The van der Waals surface area contributed by atoms with Crippen molar-refractivity contribution >= 4 is 11.6 Å². The highest BCUT2D eigenvalue weighted by Crippen LogP contribution is 2.32. The van der Waals surface area contributed by atoms with Crippen LogP contribution in [0.25, 0.3) is 11.3 Å². The summed E-state index contributed by atoms with van der Waals surface area (Å²) in [6.07, 6.45) is 0. The Bertz CT molecular complexity index is 775. The van der Waals surface area contributed by atoms with Crippen LogP contribution in [0.1, 0.15) is 5.56 Å². The summed E-state index contributed by atoms with van der Waals surface area (Å²) in [7, 11) is 3.23. The Balaban J connectivity index is 1.91. The number of ether oxygens (including phenoxy) is 2. The molecule has 1 N–H and O–H groups in total. The lowest BCUT2D eigenvalue weighted by Crippen LogP contribution is -1.94. The summed E-state index contributed by atoms with van der Waals surface area (Å²) < 4.78 is 16.0. The van der Waals surface area contributed by atoms with Crippen LogP contribution in [0.2, 0.25) is 0 Å². The summed E-state index contributed by atoms with van der Waals surface area (Å²) >= 11 is 0. The zero-order chi connectivity index (χ0) is 16.2. The Labute approximate surface area is 134 Å². The molecule has 1 aromatic heterocycles. The van der Waals surface area contributed by atoms with Gasteiger partial charge in [0.05, 0.1) is 14.2 Å². The molecule has 0 amide bonds. The molecule has 0 aliphatic heterocycles. The maximum absolute atomic E-state index is 5.46. The molecule has 0 saturated carbocycles. The number of benzene rings is 2. The molecule has 0 spiro atoms. The zero-order valence-electron chi connectivity index (χ0n) is 13.3. The molecule has 0 saturated heterocycles. The van der Waals surface area contributed by atoms with E-state index in [4.69, 9.17) is 14.0 Å². The van der Waals surface area contributed by atoms with Crippen LogP contribution in [0.15, 0.2) is 53.1 Å². The highest BCUT2D eigenvalue weighted by molar-refractivity contribution is 5.70. The first-order valence-electron chi connectivity index (χ1n) is 7.23. The largest absolute Gasteiger partial charge is 0.497 e. The van der Waals surface area contributed by atoms with Crippen LogP contribution in [0, 0.1) is 6.92 Å². The van der Waals surface area contributed by atoms with Gasteiger partial charge >= 0.3 is 0 Å². The van der Waals surface area contributed by atoms with Crippen molar-refractivity contribution in [1.29, 1.82) is 0 Å². The van der Waals surface area contributed by atoms with Crippen molar-refractivity contribution < 1.29 is 14.0 Å². The zero-order valence-corrected chi connectivity index (χ0v) is 13.3. The number of rotatable bonds is 5. The van der Waals surface area contributed by atoms with Gasteiger partial charge in [-0.25, -0.2) is 0 Å². The predicted molar refractivity (Wildman–Crippen MR) is 89.5 cm³/mol. The number of anilines is 2. The van der Waals surface area contributed by atoms with Gasteiger partial charge < -0.3 is 19.3 Å². The van der Waals surface area contributed by atoms with E-state index in [1.165, 1.54) is 0 Å². The number of methoxy groups -OCH3 is 2. The number of nitrogens with one attached hydrogen (secondary N) is 1. The van der Waals surface area contributed by atoms with E-state index in [0.29, 0.717) is 17.4 Å². The normalized spacial score (nSPS) is 10.4. The average molecular weight is 310 g/mol. The van der Waals surface area contributed by atoms with Crippen molar-refractivity contribution in [3.8, 4) is 22.8 Å². The molecule has 3 rings (SSSR count). The monoisotopic (exact) mass is 310 g/mol. The van der Waals surface area contributed by atoms with Crippen LogP contribution < -0.4 is 14.8 Å². The third-order valence-electron chi connectivity index (χ3n) is 3.58. The highest BCUT2D eigenvalue weighted by Gasteiger charge is 2.14. The van der Waals surface area contributed by atoms with Crippen LogP contribution in [0.3, 0.4) is 0 Å². The molecule has 0 unspecified atom stereocenters. The fourth-order valence-electron chi connectivity index (χ4n) is 2.33. The summed E-state index contributed by atoms with van der Waals surface area (Å²) in [5, 5.41) is 7.39. The molecule has 0 aliphatic carbocycles. The number of hydrogen-bond acceptors (Lipinski definition) is 5. The molecule has 3 aromatic rings. The van der Waals surface area contributed by atoms with Crippen LogP contribution in [-0.2, 0) is 0 Å². The Hall–Kier alpha value is -2.95. The smallest absolute Gasteiger partial charge is 0.232 e. The van der Waals surface area contributed by atoms with Gasteiger partial charge in [0, 0.05) is 35.0 Å². The van der Waals surface area contributed by atoms with Crippen LogP contribution in [-0.4, -0.2) is 19.4 Å². The minimum atomic E-state index is 0.596. The van der Waals surface area contributed by atoms with Crippen LogP contribution in [0.4, 0.5) is 11.6 Å². The van der Waals surface area contributed by atoms with E-state index in [1.54, 1.807) is 14.2 Å². The third-order valence-corrected chi connectivity index (χ3v) is 3.58. The van der Waals surface area contributed by atoms with E-state index >= 15 is 0 Å². The second-order valence-corrected chi connectivity index (χ2v) is 5.08. The maximum atomic E-state index is 5.46. The van der Waals surface area contributed by atoms with E-state index in [1.807, 2.05) is 55.5 Å². The second-order valence-electron chi connectivity index (χ2n) is 5.08. The second kappa shape index (κ2) is 6.44. The summed E-state index contributed by atoms with van der Waals surface area (Å²) in [6, 6.07) is 15.5. The molecule has 5 nitrogen and oxygen atoms in total. The van der Waals surface area contributed by atoms with E-state index in [-0.39, 0.29) is 0 Å². The van der Waals surface area contributed by atoms with Gasteiger partial charge in [-0.1, -0.05) is 35.5 Å². The molecular weight excluding hydrogens is 292 g/mol. The molecule has 118 valence electrons. The lowest BCUT2D eigenvalue weighted by molar-refractivity contribution is 0.394. The average Bonchev–Trinajstić information content (AvgIpc) is 2.96. The van der Waals surface area contributed by atoms with Gasteiger partial charge in [0.15, 0.2) is 0 Å². The van der Waals surface area contributed by atoms with Gasteiger partial charge in [0.2, 0.25) is 5.88 Å². The van der Waals surface area contributed by atoms with Crippen molar-refractivity contribution in [1.82, 2.24) is 5.16 Å². The third kappa shape index (κ3) is 3.13. The van der Waals surface area contributed by atoms with Gasteiger partial charge in [-0.3, -0.25) is 0 Å². The molecule has 5 heteroatoms. The lowest BCUT2D eigenvalue weighted by atomic mass is 10.1. The van der Waals surface area contributed by atoms with Gasteiger partial charge in [-0.05, 0) is 6.92 Å². The molecular formula is C18H18N2O3. The minimum absolute atomic E-state index is 0.596. The van der Waals surface area contributed by atoms with Crippen molar-refractivity contribution in [2.75, 3.05) is 19.5 Å². The SMILES string of the molecule is COc1cc(Nc2onc(-c3ccccc3)c2C)cc(OC)c1. The van der Waals surface area contributed by atoms with Crippen LogP contribution in [0.5, 0.6) is 11.5 Å². The van der Waals surface area contributed by atoms with Gasteiger partial charge in [-0.15, -0.1) is 0 Å². The molecule has 0 aliphatic rings. The molecule has 1 heterocycles. The fourth-order valence-corrected chi connectivity index (χ4v) is 2.33. The Kier molecular flexibility index (Phi) is 4.19. The topological polar surface area (TPSA) is 56.5 Å². The summed E-state index contributed by atoms with van der Waals surface area (Å²) in [5.41, 5.74) is 3.59. The fraction of sp³-hybridized carbons (Fsp3) is 0.167. The predicted octanol–water partition coefficient (Wildman–Crippen LogP) is 4.41. The van der Waals surface area contributed by atoms with E-state index in [0.717, 1.165) is 22.5 Å². The van der Waals surface area contributed by atoms with Crippen LogP contribution >= 0.6 is 0 Å². The van der Waals surface area contributed by atoms with Gasteiger partial charge in [-0.2, -0.15) is 0 Å². The van der Waals surface area contributed by atoms with Gasteiger partial charge in [0.1, 0.15) is 17.2 Å². The first kappa shape index (κ1) is 15.0. The number of hydrogen-bond donors (Lipinski definition) is 1. The summed E-state index contributed by atoms with van der Waals surface area (Å²) in [6.45, 7) is 1.97.